The van der Waals surface area contributed by atoms with Gasteiger partial charge in [-0.15, -0.1) is 23.1 Å². The average molecular weight is 417 g/mol. The molecule has 1 aromatic heterocycles. The van der Waals surface area contributed by atoms with Crippen LogP contribution in [-0.2, 0) is 0 Å². The summed E-state index contributed by atoms with van der Waals surface area (Å²) in [7, 11) is 0. The molecular weight excluding hydrogens is 400 g/mol. The fourth-order valence-corrected chi connectivity index (χ4v) is 3.85. The van der Waals surface area contributed by atoms with Gasteiger partial charge in [0, 0.05) is 22.2 Å². The van der Waals surface area contributed by atoms with Crippen LogP contribution in [0.5, 0.6) is 0 Å². The van der Waals surface area contributed by atoms with Gasteiger partial charge >= 0.3 is 0 Å². The lowest BCUT2D eigenvalue weighted by molar-refractivity contribution is 0.0957. The molecule has 2 aromatic carbocycles. The zero-order chi connectivity index (χ0) is 19.1. The van der Waals surface area contributed by atoms with Gasteiger partial charge in [0.15, 0.2) is 0 Å². The van der Waals surface area contributed by atoms with E-state index >= 15 is 0 Å². The number of nitrogens with one attached hydrogen (secondary N) is 2. The minimum Gasteiger partial charge on any atom is -0.351 e. The molecule has 0 aliphatic rings. The predicted octanol–water partition coefficient (Wildman–Crippen LogP) is 5.18. The van der Waals surface area contributed by atoms with Crippen molar-refractivity contribution in [1.82, 2.24) is 5.32 Å². The Morgan fingerprint density at radius 1 is 0.963 bits per heavy atom. The summed E-state index contributed by atoms with van der Waals surface area (Å²) >= 11 is 8.86. The summed E-state index contributed by atoms with van der Waals surface area (Å²) in [5, 5.41) is 8.24. The summed E-state index contributed by atoms with van der Waals surface area (Å²) in [6, 6.07) is 18.1. The lowest BCUT2D eigenvalue weighted by Gasteiger charge is -2.11. The molecular formula is C20H17ClN2O2S2. The van der Waals surface area contributed by atoms with E-state index < -0.39 is 0 Å². The number of thiophene rings is 1. The monoisotopic (exact) mass is 416 g/mol. The van der Waals surface area contributed by atoms with Gasteiger partial charge in [-0.25, -0.2) is 0 Å². The SMILES string of the molecule is O=C(Nc1ccccc1C(=O)NCCSc1ccc(Cl)cc1)c1cccs1. The van der Waals surface area contributed by atoms with Crippen LogP contribution in [0.2, 0.25) is 5.02 Å². The first-order valence-corrected chi connectivity index (χ1v) is 10.5. The van der Waals surface area contributed by atoms with Crippen LogP contribution in [0.4, 0.5) is 5.69 Å². The Kier molecular flexibility index (Phi) is 6.92. The molecule has 0 atom stereocenters. The summed E-state index contributed by atoms with van der Waals surface area (Å²) in [6.45, 7) is 0.513. The number of halogens is 1. The maximum atomic E-state index is 12.5. The van der Waals surface area contributed by atoms with E-state index in [9.17, 15) is 9.59 Å². The number of carbonyl (C=O) groups excluding carboxylic acids is 2. The second-order valence-corrected chi connectivity index (χ2v) is 8.09. The minimum absolute atomic E-state index is 0.214. The van der Waals surface area contributed by atoms with Crippen molar-refractivity contribution in [1.29, 1.82) is 0 Å². The van der Waals surface area contributed by atoms with E-state index in [0.717, 1.165) is 10.6 Å². The lowest BCUT2D eigenvalue weighted by atomic mass is 10.1. The lowest BCUT2D eigenvalue weighted by Crippen LogP contribution is -2.27. The molecule has 2 N–H and O–H groups in total. The Morgan fingerprint density at radius 3 is 2.48 bits per heavy atom. The largest absolute Gasteiger partial charge is 0.351 e. The highest BCUT2D eigenvalue weighted by atomic mass is 35.5. The molecule has 0 fully saturated rings. The fourth-order valence-electron chi connectivity index (χ4n) is 2.34. The Hall–Kier alpha value is -2.28. The molecule has 1 heterocycles. The third kappa shape index (κ3) is 5.60. The molecule has 0 aliphatic heterocycles. The van der Waals surface area contributed by atoms with Crippen molar-refractivity contribution < 1.29 is 9.59 Å². The fraction of sp³-hybridized carbons (Fsp3) is 0.100. The van der Waals surface area contributed by atoms with Crippen molar-refractivity contribution in [3.05, 3.63) is 81.5 Å². The van der Waals surface area contributed by atoms with Crippen LogP contribution in [0.25, 0.3) is 0 Å². The summed E-state index contributed by atoms with van der Waals surface area (Å²) in [5.41, 5.74) is 0.942. The van der Waals surface area contributed by atoms with Gasteiger partial charge in [0.05, 0.1) is 16.1 Å². The molecule has 7 heteroatoms. The third-order valence-corrected chi connectivity index (χ3v) is 5.77. The molecule has 2 amide bonds. The van der Waals surface area contributed by atoms with Crippen molar-refractivity contribution >= 4 is 52.2 Å². The smallest absolute Gasteiger partial charge is 0.265 e. The zero-order valence-corrected chi connectivity index (χ0v) is 16.7. The quantitative estimate of drug-likeness (QED) is 0.412. The number of carbonyl (C=O) groups is 2. The summed E-state index contributed by atoms with van der Waals surface area (Å²) in [4.78, 5) is 26.4. The minimum atomic E-state index is -0.219. The number of rotatable bonds is 7. The van der Waals surface area contributed by atoms with Crippen LogP contribution < -0.4 is 10.6 Å². The van der Waals surface area contributed by atoms with E-state index in [2.05, 4.69) is 10.6 Å². The van der Waals surface area contributed by atoms with Crippen LogP contribution in [-0.4, -0.2) is 24.1 Å². The molecule has 0 bridgehead atoms. The Labute approximate surface area is 170 Å². The first kappa shape index (κ1) is 19.5. The van der Waals surface area contributed by atoms with Crippen LogP contribution >= 0.6 is 34.7 Å². The molecule has 138 valence electrons. The molecule has 0 saturated carbocycles. The Bertz CT molecular complexity index is 912. The highest BCUT2D eigenvalue weighted by Crippen LogP contribution is 2.20. The predicted molar refractivity (Wildman–Crippen MR) is 113 cm³/mol. The Balaban J connectivity index is 1.55. The molecule has 27 heavy (non-hydrogen) atoms. The molecule has 0 saturated heterocycles. The first-order chi connectivity index (χ1) is 13.1. The number of amides is 2. The van der Waals surface area contributed by atoms with Gasteiger partial charge in [-0.3, -0.25) is 9.59 Å². The van der Waals surface area contributed by atoms with Gasteiger partial charge < -0.3 is 10.6 Å². The highest BCUT2D eigenvalue weighted by molar-refractivity contribution is 7.99. The van der Waals surface area contributed by atoms with Crippen molar-refractivity contribution in [2.75, 3.05) is 17.6 Å². The summed E-state index contributed by atoms with van der Waals surface area (Å²) in [6.07, 6.45) is 0. The van der Waals surface area contributed by atoms with Crippen molar-refractivity contribution in [3.63, 3.8) is 0 Å². The molecule has 0 spiro atoms. The topological polar surface area (TPSA) is 58.2 Å². The molecule has 3 aromatic rings. The molecule has 3 rings (SSSR count). The molecule has 0 unspecified atom stereocenters. The summed E-state index contributed by atoms with van der Waals surface area (Å²) < 4.78 is 0. The van der Waals surface area contributed by atoms with E-state index in [-0.39, 0.29) is 11.8 Å². The second kappa shape index (κ2) is 9.60. The van der Waals surface area contributed by atoms with Crippen LogP contribution in [0, 0.1) is 0 Å². The number of hydrogen-bond acceptors (Lipinski definition) is 4. The average Bonchev–Trinajstić information content (AvgIpc) is 3.22. The Morgan fingerprint density at radius 2 is 1.74 bits per heavy atom. The normalized spacial score (nSPS) is 10.4. The van der Waals surface area contributed by atoms with Gasteiger partial charge in [0.1, 0.15) is 0 Å². The van der Waals surface area contributed by atoms with Gasteiger partial charge in [0.25, 0.3) is 11.8 Å². The highest BCUT2D eigenvalue weighted by Gasteiger charge is 2.14. The van der Waals surface area contributed by atoms with Gasteiger partial charge in [-0.1, -0.05) is 29.8 Å². The van der Waals surface area contributed by atoms with Gasteiger partial charge in [-0.2, -0.15) is 0 Å². The van der Waals surface area contributed by atoms with Crippen LogP contribution in [0.3, 0.4) is 0 Å². The van der Waals surface area contributed by atoms with Crippen LogP contribution in [0.1, 0.15) is 20.0 Å². The number of thioether (sulfide) groups is 1. The van der Waals surface area contributed by atoms with Crippen LogP contribution in [0.15, 0.2) is 70.9 Å². The number of anilines is 1. The van der Waals surface area contributed by atoms with E-state index in [4.69, 9.17) is 11.6 Å². The van der Waals surface area contributed by atoms with Crippen molar-refractivity contribution in [2.24, 2.45) is 0 Å². The van der Waals surface area contributed by atoms with E-state index in [1.807, 2.05) is 35.7 Å². The molecule has 0 radical (unpaired) electrons. The molecule has 4 nitrogen and oxygen atoms in total. The van der Waals surface area contributed by atoms with E-state index in [1.54, 1.807) is 42.1 Å². The van der Waals surface area contributed by atoms with Crippen molar-refractivity contribution in [2.45, 2.75) is 4.90 Å². The maximum absolute atomic E-state index is 12.5. The van der Waals surface area contributed by atoms with Gasteiger partial charge in [-0.05, 0) is 47.8 Å². The second-order valence-electron chi connectivity index (χ2n) is 5.54. The molecule has 0 aliphatic carbocycles. The zero-order valence-electron chi connectivity index (χ0n) is 14.3. The van der Waals surface area contributed by atoms with E-state index in [0.29, 0.717) is 27.7 Å². The first-order valence-electron chi connectivity index (χ1n) is 8.24. The standard InChI is InChI=1S/C20H17ClN2O2S2/c21-14-7-9-15(10-8-14)26-13-11-22-19(24)16-4-1-2-5-17(16)23-20(25)18-6-3-12-27-18/h1-10,12H,11,13H2,(H,22,24)(H,23,25). The summed E-state index contributed by atoms with van der Waals surface area (Å²) in [5.74, 6) is 0.300. The van der Waals surface area contributed by atoms with Gasteiger partial charge in [0.2, 0.25) is 0 Å². The number of hydrogen-bond donors (Lipinski definition) is 2. The van der Waals surface area contributed by atoms with E-state index in [1.165, 1.54) is 11.3 Å². The number of benzene rings is 2. The van der Waals surface area contributed by atoms with Crippen molar-refractivity contribution in [3.8, 4) is 0 Å². The third-order valence-electron chi connectivity index (χ3n) is 3.63. The number of para-hydroxylation sites is 1. The maximum Gasteiger partial charge on any atom is 0.265 e.